The van der Waals surface area contributed by atoms with Crippen molar-refractivity contribution in [2.45, 2.75) is 51.4 Å². The van der Waals surface area contributed by atoms with Gasteiger partial charge in [-0.05, 0) is 82.3 Å². The highest BCUT2D eigenvalue weighted by Gasteiger charge is 2.36. The lowest BCUT2D eigenvalue weighted by molar-refractivity contribution is 0.0592. The van der Waals surface area contributed by atoms with Gasteiger partial charge in [0.15, 0.2) is 0 Å². The van der Waals surface area contributed by atoms with Gasteiger partial charge in [-0.2, -0.15) is 0 Å². The van der Waals surface area contributed by atoms with Crippen molar-refractivity contribution in [1.29, 1.82) is 0 Å². The Labute approximate surface area is 254 Å². The highest BCUT2D eigenvalue weighted by atomic mass is 16.3. The standard InChI is InChI=1S/C36H34N2O6/c39-19-7-3-1-5-17-37-33(41)25-13-9-21-23-11-15-27-32-28(36(44)38(35(27)43)18-6-2-4-8-20-40)16-12-24(30(23)32)22-10-14-26(34(37)42)31(25)29(21)22/h9-16,39-40H,1-8,17-20H2. The van der Waals surface area contributed by atoms with Crippen molar-refractivity contribution in [1.82, 2.24) is 9.80 Å². The molecule has 5 aromatic carbocycles. The minimum absolute atomic E-state index is 0.138. The largest absolute Gasteiger partial charge is 0.396 e. The molecule has 8 nitrogen and oxygen atoms in total. The highest BCUT2D eigenvalue weighted by molar-refractivity contribution is 6.41. The van der Waals surface area contributed by atoms with Crippen LogP contribution in [0.1, 0.15) is 92.8 Å². The molecule has 2 heterocycles. The van der Waals surface area contributed by atoms with Crippen molar-refractivity contribution in [3.05, 3.63) is 70.8 Å². The van der Waals surface area contributed by atoms with E-state index in [4.69, 9.17) is 10.2 Å². The van der Waals surface area contributed by atoms with Crippen LogP contribution >= 0.6 is 0 Å². The van der Waals surface area contributed by atoms with E-state index >= 15 is 0 Å². The number of fused-ring (bicyclic) bond motifs is 2. The summed E-state index contributed by atoms with van der Waals surface area (Å²) in [6, 6.07) is 14.9. The van der Waals surface area contributed by atoms with Crippen molar-refractivity contribution in [3.63, 3.8) is 0 Å². The second-order valence-electron chi connectivity index (χ2n) is 11.9. The van der Waals surface area contributed by atoms with Crippen molar-refractivity contribution < 1.29 is 29.4 Å². The molecule has 5 aromatic rings. The van der Waals surface area contributed by atoms with Crippen LogP contribution in [0.2, 0.25) is 0 Å². The molecule has 0 aromatic heterocycles. The van der Waals surface area contributed by atoms with Crippen LogP contribution in [0, 0.1) is 0 Å². The predicted octanol–water partition coefficient (Wildman–Crippen LogP) is 6.03. The maximum absolute atomic E-state index is 13.6. The van der Waals surface area contributed by atoms with E-state index in [1.165, 1.54) is 9.80 Å². The molecule has 0 radical (unpaired) electrons. The van der Waals surface area contributed by atoms with Crippen molar-refractivity contribution in [2.24, 2.45) is 0 Å². The molecule has 0 aliphatic carbocycles. The minimum atomic E-state index is -0.294. The Hall–Kier alpha value is -4.40. The number of hydrogen-bond acceptors (Lipinski definition) is 6. The van der Waals surface area contributed by atoms with Gasteiger partial charge in [0, 0.05) is 59.3 Å². The molecule has 0 atom stereocenters. The number of carbonyl (C=O) groups is 4. The fourth-order valence-corrected chi connectivity index (χ4v) is 7.24. The van der Waals surface area contributed by atoms with Gasteiger partial charge in [0.1, 0.15) is 0 Å². The van der Waals surface area contributed by atoms with E-state index in [2.05, 4.69) is 0 Å². The van der Waals surface area contributed by atoms with Crippen LogP contribution in [0.3, 0.4) is 0 Å². The van der Waals surface area contributed by atoms with Crippen LogP contribution in [-0.2, 0) is 0 Å². The summed E-state index contributed by atoms with van der Waals surface area (Å²) in [6.45, 7) is 0.948. The fourth-order valence-electron chi connectivity index (χ4n) is 7.24. The predicted molar refractivity (Wildman–Crippen MR) is 169 cm³/mol. The molecule has 0 saturated carbocycles. The monoisotopic (exact) mass is 590 g/mol. The van der Waals surface area contributed by atoms with Crippen molar-refractivity contribution >= 4 is 66.7 Å². The number of nitrogens with zero attached hydrogens (tertiary/aromatic N) is 2. The van der Waals surface area contributed by atoms with Crippen LogP contribution in [0.15, 0.2) is 48.5 Å². The van der Waals surface area contributed by atoms with E-state index < -0.39 is 0 Å². The fraction of sp³-hybridized carbons (Fsp3) is 0.333. The van der Waals surface area contributed by atoms with Crippen LogP contribution in [0.5, 0.6) is 0 Å². The molecule has 0 unspecified atom stereocenters. The molecular formula is C36H34N2O6. The van der Waals surface area contributed by atoms with Crippen molar-refractivity contribution in [3.8, 4) is 0 Å². The number of unbranched alkanes of at least 4 members (excludes halogenated alkanes) is 6. The summed E-state index contributed by atoms with van der Waals surface area (Å²) < 4.78 is 0. The maximum atomic E-state index is 13.6. The van der Waals surface area contributed by atoms with Crippen LogP contribution in [-0.4, -0.2) is 69.9 Å². The van der Waals surface area contributed by atoms with Gasteiger partial charge in [0.2, 0.25) is 0 Å². The second-order valence-corrected chi connectivity index (χ2v) is 11.9. The van der Waals surface area contributed by atoms with Gasteiger partial charge in [-0.1, -0.05) is 49.9 Å². The van der Waals surface area contributed by atoms with Crippen LogP contribution in [0.4, 0.5) is 0 Å². The summed E-state index contributed by atoms with van der Waals surface area (Å²) >= 11 is 0. The Kier molecular flexibility index (Phi) is 7.26. The van der Waals surface area contributed by atoms with Gasteiger partial charge in [-0.15, -0.1) is 0 Å². The van der Waals surface area contributed by atoms with E-state index in [0.717, 1.165) is 58.0 Å². The maximum Gasteiger partial charge on any atom is 0.261 e. The SMILES string of the molecule is O=C1c2ccc3c4ccc5c6c(ccc(c7ccc(c2c37)C(=O)N1CCCCCCO)c64)C(=O)N(CCCCCCO)C5=O. The molecule has 4 amide bonds. The highest BCUT2D eigenvalue weighted by Crippen LogP contribution is 2.46. The number of imide groups is 2. The zero-order valence-electron chi connectivity index (χ0n) is 24.5. The molecule has 0 fully saturated rings. The minimum Gasteiger partial charge on any atom is -0.396 e. The van der Waals surface area contributed by atoms with Gasteiger partial charge in [-0.3, -0.25) is 29.0 Å². The number of rotatable bonds is 12. The summed E-state index contributed by atoms with van der Waals surface area (Å²) in [5.74, 6) is -1.18. The van der Waals surface area contributed by atoms with Crippen LogP contribution in [0.25, 0.3) is 43.1 Å². The summed E-state index contributed by atoms with van der Waals surface area (Å²) in [5, 5.41) is 24.6. The average molecular weight is 591 g/mol. The Morgan fingerprint density at radius 3 is 0.977 bits per heavy atom. The third kappa shape index (κ3) is 4.19. The van der Waals surface area contributed by atoms with Gasteiger partial charge < -0.3 is 10.2 Å². The number of benzene rings is 5. The number of aliphatic hydroxyl groups is 2. The molecule has 224 valence electrons. The molecule has 2 aliphatic rings. The number of hydrogen-bond donors (Lipinski definition) is 2. The molecular weight excluding hydrogens is 556 g/mol. The third-order valence-corrected chi connectivity index (χ3v) is 9.38. The lowest BCUT2D eigenvalue weighted by Crippen LogP contribution is -2.41. The Balaban J connectivity index is 1.33. The van der Waals surface area contributed by atoms with E-state index in [-0.39, 0.29) is 36.8 Å². The van der Waals surface area contributed by atoms with E-state index in [0.29, 0.717) is 71.8 Å². The summed E-state index contributed by atoms with van der Waals surface area (Å²) in [5.41, 5.74) is 2.02. The van der Waals surface area contributed by atoms with Gasteiger partial charge >= 0.3 is 0 Å². The summed E-state index contributed by atoms with van der Waals surface area (Å²) in [6.07, 6.45) is 6.14. The van der Waals surface area contributed by atoms with Gasteiger partial charge in [0.05, 0.1) is 0 Å². The zero-order chi connectivity index (χ0) is 30.5. The normalized spacial score (nSPS) is 14.9. The van der Waals surface area contributed by atoms with Gasteiger partial charge in [-0.25, -0.2) is 0 Å². The van der Waals surface area contributed by atoms with Crippen molar-refractivity contribution in [2.75, 3.05) is 26.3 Å². The van der Waals surface area contributed by atoms with E-state index in [1.54, 1.807) is 24.3 Å². The topological polar surface area (TPSA) is 115 Å². The average Bonchev–Trinajstić information content (AvgIpc) is 3.04. The molecule has 2 N–H and O–H groups in total. The smallest absolute Gasteiger partial charge is 0.261 e. The second kappa shape index (κ2) is 11.3. The first-order valence-electron chi connectivity index (χ1n) is 15.6. The molecule has 7 rings (SSSR count). The molecule has 0 saturated heterocycles. The lowest BCUT2D eigenvalue weighted by Gasteiger charge is -2.30. The Morgan fingerprint density at radius 2 is 0.682 bits per heavy atom. The lowest BCUT2D eigenvalue weighted by atomic mass is 9.82. The van der Waals surface area contributed by atoms with Crippen LogP contribution < -0.4 is 0 Å². The molecule has 44 heavy (non-hydrogen) atoms. The quantitative estimate of drug-likeness (QED) is 0.0793. The number of amides is 4. The molecule has 0 bridgehead atoms. The number of aliphatic hydroxyl groups excluding tert-OH is 2. The third-order valence-electron chi connectivity index (χ3n) is 9.38. The van der Waals surface area contributed by atoms with Gasteiger partial charge in [0.25, 0.3) is 23.6 Å². The zero-order valence-corrected chi connectivity index (χ0v) is 24.5. The molecule has 8 heteroatoms. The Bertz CT molecular complexity index is 1730. The number of carbonyl (C=O) groups excluding carboxylic acids is 4. The molecule has 2 aliphatic heterocycles. The first-order chi connectivity index (χ1) is 21.5. The summed E-state index contributed by atoms with van der Waals surface area (Å²) in [7, 11) is 0. The molecule has 0 spiro atoms. The first-order valence-corrected chi connectivity index (χ1v) is 15.6. The van der Waals surface area contributed by atoms with E-state index in [1.807, 2.05) is 24.3 Å². The van der Waals surface area contributed by atoms with E-state index in [9.17, 15) is 19.2 Å². The first kappa shape index (κ1) is 28.4. The Morgan fingerprint density at radius 1 is 0.386 bits per heavy atom. The summed E-state index contributed by atoms with van der Waals surface area (Å²) in [4.78, 5) is 57.2.